The van der Waals surface area contributed by atoms with Gasteiger partial charge in [-0.1, -0.05) is 12.1 Å². The number of Topliss-reactive ketones (excluding diaryl/α,β-unsaturated/α-hetero) is 1. The highest BCUT2D eigenvalue weighted by atomic mass is 16.5. The molecule has 6 nitrogen and oxygen atoms in total. The zero-order valence-electron chi connectivity index (χ0n) is 16.0. The highest BCUT2D eigenvalue weighted by Gasteiger charge is 2.32. The highest BCUT2D eigenvalue weighted by Crippen LogP contribution is 2.35. The number of benzene rings is 1. The first kappa shape index (κ1) is 17.4. The van der Waals surface area contributed by atoms with Gasteiger partial charge in [0, 0.05) is 17.8 Å². The summed E-state index contributed by atoms with van der Waals surface area (Å²) in [5, 5.41) is 4.60. The smallest absolute Gasteiger partial charge is 0.251 e. The van der Waals surface area contributed by atoms with Crippen LogP contribution in [0.25, 0.3) is 5.95 Å². The summed E-state index contributed by atoms with van der Waals surface area (Å²) >= 11 is 0. The molecule has 2 heterocycles. The molecule has 0 radical (unpaired) electrons. The van der Waals surface area contributed by atoms with Crippen molar-refractivity contribution >= 4 is 5.78 Å². The van der Waals surface area contributed by atoms with Crippen LogP contribution >= 0.6 is 0 Å². The number of rotatable bonds is 3. The number of ketones is 1. The van der Waals surface area contributed by atoms with E-state index in [4.69, 9.17) is 4.74 Å². The van der Waals surface area contributed by atoms with Crippen molar-refractivity contribution in [3.63, 3.8) is 0 Å². The lowest BCUT2D eigenvalue weighted by molar-refractivity contribution is 0.0963. The third-order valence-corrected chi connectivity index (χ3v) is 5.05. The van der Waals surface area contributed by atoms with E-state index in [9.17, 15) is 4.79 Å². The molecule has 6 heteroatoms. The Morgan fingerprint density at radius 1 is 1.04 bits per heavy atom. The minimum absolute atomic E-state index is 0.108. The van der Waals surface area contributed by atoms with Crippen LogP contribution < -0.4 is 4.74 Å². The van der Waals surface area contributed by atoms with Crippen molar-refractivity contribution < 1.29 is 9.53 Å². The molecule has 0 fully saturated rings. The first-order chi connectivity index (χ1) is 13.0. The summed E-state index contributed by atoms with van der Waals surface area (Å²) in [5.74, 6) is 1.58. The molecule has 2 aromatic heterocycles. The standard InChI is InChI=1S/C21H22N4O2/c1-12-9-13(2)23-21(22-12)25-18-10-16(11-19(26)20(18)14(3)24-25)15-5-7-17(27-4)8-6-15/h5-9,16H,10-11H2,1-4H3. The zero-order valence-corrected chi connectivity index (χ0v) is 16.0. The van der Waals surface area contributed by atoms with Gasteiger partial charge in [0.05, 0.1) is 24.1 Å². The fraction of sp³-hybridized carbons (Fsp3) is 0.333. The number of aryl methyl sites for hydroxylation is 3. The van der Waals surface area contributed by atoms with Gasteiger partial charge in [-0.2, -0.15) is 5.10 Å². The van der Waals surface area contributed by atoms with Gasteiger partial charge in [0.15, 0.2) is 5.78 Å². The number of aromatic nitrogens is 4. The number of nitrogens with zero attached hydrogens (tertiary/aromatic N) is 4. The van der Waals surface area contributed by atoms with Crippen molar-refractivity contribution in [2.75, 3.05) is 7.11 Å². The Morgan fingerprint density at radius 3 is 2.33 bits per heavy atom. The molecule has 3 aromatic rings. The van der Waals surface area contributed by atoms with Crippen molar-refractivity contribution in [1.82, 2.24) is 19.7 Å². The van der Waals surface area contributed by atoms with Crippen LogP contribution in [0, 0.1) is 20.8 Å². The van der Waals surface area contributed by atoms with Crippen LogP contribution in [0.2, 0.25) is 0 Å². The monoisotopic (exact) mass is 362 g/mol. The van der Waals surface area contributed by atoms with E-state index >= 15 is 0 Å². The Bertz CT molecular complexity index is 1000. The summed E-state index contributed by atoms with van der Waals surface area (Å²) in [5.41, 5.74) is 5.26. The Labute approximate surface area is 158 Å². The minimum Gasteiger partial charge on any atom is -0.497 e. The van der Waals surface area contributed by atoms with Crippen LogP contribution in [0.15, 0.2) is 30.3 Å². The van der Waals surface area contributed by atoms with Gasteiger partial charge in [0.25, 0.3) is 5.95 Å². The van der Waals surface area contributed by atoms with E-state index < -0.39 is 0 Å². The Balaban J connectivity index is 1.77. The fourth-order valence-electron chi connectivity index (χ4n) is 3.84. The summed E-state index contributed by atoms with van der Waals surface area (Å²) in [6, 6.07) is 9.86. The van der Waals surface area contributed by atoms with Crippen LogP contribution in [0.4, 0.5) is 0 Å². The SMILES string of the molecule is COc1ccc(C2CC(=O)c3c(C)nn(-c4nc(C)cc(C)n4)c3C2)cc1. The molecular weight excluding hydrogens is 340 g/mol. The molecule has 1 aliphatic carbocycles. The van der Waals surface area contributed by atoms with Crippen LogP contribution in [-0.2, 0) is 6.42 Å². The summed E-state index contributed by atoms with van der Waals surface area (Å²) in [6.45, 7) is 5.75. The topological polar surface area (TPSA) is 69.9 Å². The lowest BCUT2D eigenvalue weighted by Gasteiger charge is -2.23. The normalized spacial score (nSPS) is 16.3. The first-order valence-corrected chi connectivity index (χ1v) is 9.04. The van der Waals surface area contributed by atoms with Gasteiger partial charge in [0.2, 0.25) is 0 Å². The zero-order chi connectivity index (χ0) is 19.1. The molecule has 138 valence electrons. The molecule has 27 heavy (non-hydrogen) atoms. The molecule has 0 N–H and O–H groups in total. The van der Waals surface area contributed by atoms with E-state index in [1.54, 1.807) is 11.8 Å². The van der Waals surface area contributed by atoms with E-state index in [-0.39, 0.29) is 11.7 Å². The molecule has 0 saturated heterocycles. The van der Waals surface area contributed by atoms with Crippen LogP contribution in [0.3, 0.4) is 0 Å². The summed E-state index contributed by atoms with van der Waals surface area (Å²) in [4.78, 5) is 21.9. The molecule has 1 aromatic carbocycles. The van der Waals surface area contributed by atoms with Gasteiger partial charge in [-0.05, 0) is 56.9 Å². The van der Waals surface area contributed by atoms with Crippen LogP contribution in [0.5, 0.6) is 5.75 Å². The molecule has 1 atom stereocenters. The van der Waals surface area contributed by atoms with Crippen molar-refractivity contribution in [2.24, 2.45) is 0 Å². The molecule has 4 rings (SSSR count). The molecule has 0 spiro atoms. The lowest BCUT2D eigenvalue weighted by Crippen LogP contribution is -2.21. The second-order valence-corrected chi connectivity index (χ2v) is 7.07. The number of hydrogen-bond donors (Lipinski definition) is 0. The van der Waals surface area contributed by atoms with Gasteiger partial charge in [0.1, 0.15) is 5.75 Å². The molecule has 0 bridgehead atoms. The maximum atomic E-state index is 12.9. The number of carbonyl (C=O) groups is 1. The second kappa shape index (κ2) is 6.61. The number of carbonyl (C=O) groups excluding carboxylic acids is 1. The van der Waals surface area contributed by atoms with Gasteiger partial charge < -0.3 is 4.74 Å². The molecule has 0 aliphatic heterocycles. The van der Waals surface area contributed by atoms with E-state index in [0.717, 1.165) is 46.1 Å². The number of methoxy groups -OCH3 is 1. The van der Waals surface area contributed by atoms with E-state index in [1.165, 1.54) is 0 Å². The summed E-state index contributed by atoms with van der Waals surface area (Å²) in [6.07, 6.45) is 1.21. The van der Waals surface area contributed by atoms with E-state index in [0.29, 0.717) is 12.4 Å². The largest absolute Gasteiger partial charge is 0.497 e. The first-order valence-electron chi connectivity index (χ1n) is 9.04. The van der Waals surface area contributed by atoms with Crippen molar-refractivity contribution in [2.45, 2.75) is 39.5 Å². The minimum atomic E-state index is 0.108. The van der Waals surface area contributed by atoms with Crippen LogP contribution in [-0.4, -0.2) is 32.6 Å². The van der Waals surface area contributed by atoms with Crippen LogP contribution in [0.1, 0.15) is 51.0 Å². The quantitative estimate of drug-likeness (QED) is 0.713. The Morgan fingerprint density at radius 2 is 1.70 bits per heavy atom. The summed E-state index contributed by atoms with van der Waals surface area (Å²) in [7, 11) is 1.65. The molecular formula is C21H22N4O2. The number of ether oxygens (including phenoxy) is 1. The third kappa shape index (κ3) is 3.12. The Kier molecular flexibility index (Phi) is 4.26. The predicted octanol–water partition coefficient (Wildman–Crippen LogP) is 3.51. The average molecular weight is 362 g/mol. The predicted molar refractivity (Wildman–Crippen MR) is 102 cm³/mol. The highest BCUT2D eigenvalue weighted by molar-refractivity contribution is 6.00. The molecule has 0 amide bonds. The van der Waals surface area contributed by atoms with Gasteiger partial charge in [-0.3, -0.25) is 4.79 Å². The molecule has 1 unspecified atom stereocenters. The van der Waals surface area contributed by atoms with Crippen molar-refractivity contribution in [1.29, 1.82) is 0 Å². The van der Waals surface area contributed by atoms with Gasteiger partial charge >= 0.3 is 0 Å². The second-order valence-electron chi connectivity index (χ2n) is 7.07. The third-order valence-electron chi connectivity index (χ3n) is 5.05. The van der Waals surface area contributed by atoms with Crippen molar-refractivity contribution in [3.8, 4) is 11.7 Å². The lowest BCUT2D eigenvalue weighted by atomic mass is 9.81. The van der Waals surface area contributed by atoms with Gasteiger partial charge in [-0.25, -0.2) is 14.6 Å². The number of hydrogen-bond acceptors (Lipinski definition) is 5. The molecule has 0 saturated carbocycles. The fourth-order valence-corrected chi connectivity index (χ4v) is 3.84. The summed E-state index contributed by atoms with van der Waals surface area (Å²) < 4.78 is 6.99. The average Bonchev–Trinajstić information content (AvgIpc) is 2.98. The van der Waals surface area contributed by atoms with E-state index in [2.05, 4.69) is 15.1 Å². The van der Waals surface area contributed by atoms with Crippen molar-refractivity contribution in [3.05, 3.63) is 64.2 Å². The number of fused-ring (bicyclic) bond motifs is 1. The molecule has 1 aliphatic rings. The maximum absolute atomic E-state index is 12.9. The Hall–Kier alpha value is -3.02. The van der Waals surface area contributed by atoms with Gasteiger partial charge in [-0.15, -0.1) is 0 Å². The van der Waals surface area contributed by atoms with E-state index in [1.807, 2.05) is 51.1 Å². The maximum Gasteiger partial charge on any atom is 0.251 e.